The van der Waals surface area contributed by atoms with E-state index in [4.69, 9.17) is 27.1 Å². The number of nitrogens with zero attached hydrogens (tertiary/aromatic N) is 1. The summed E-state index contributed by atoms with van der Waals surface area (Å²) in [6.07, 6.45) is -1.69. The van der Waals surface area contributed by atoms with E-state index in [0.717, 1.165) is 0 Å². The molecule has 2 amide bonds. The van der Waals surface area contributed by atoms with Crippen molar-refractivity contribution >= 4 is 29.3 Å². The molecule has 7 nitrogen and oxygen atoms in total. The topological polar surface area (TPSA) is 122 Å². The second-order valence-corrected chi connectivity index (χ2v) is 3.93. The number of carbonyl (C=O) groups is 2. The highest BCUT2D eigenvalue weighted by Gasteiger charge is 2.14. The Kier molecular flexibility index (Phi) is 5.11. The maximum absolute atomic E-state index is 11.4. The number of aliphatic carboxylic acids is 1. The fourth-order valence-electron chi connectivity index (χ4n) is 1.16. The van der Waals surface area contributed by atoms with Crippen LogP contribution in [0.3, 0.4) is 0 Å². The molecule has 8 heteroatoms. The average Bonchev–Trinajstić information content (AvgIpc) is 2.36. The van der Waals surface area contributed by atoms with Crippen LogP contribution in [0.2, 0.25) is 5.02 Å². The summed E-state index contributed by atoms with van der Waals surface area (Å²) in [6.45, 7) is -0.455. The molecule has 1 atom stereocenters. The number of carboxylic acids is 1. The molecule has 0 saturated heterocycles. The summed E-state index contributed by atoms with van der Waals surface area (Å²) in [5.74, 6) is -1.44. The molecular formula is C11H10ClN3O4. The van der Waals surface area contributed by atoms with Gasteiger partial charge in [0.05, 0.1) is 17.8 Å². The summed E-state index contributed by atoms with van der Waals surface area (Å²) >= 11 is 5.73. The zero-order valence-corrected chi connectivity index (χ0v) is 10.3. The molecule has 0 radical (unpaired) electrons. The Morgan fingerprint density at radius 3 is 2.74 bits per heavy atom. The van der Waals surface area contributed by atoms with Gasteiger partial charge < -0.3 is 20.8 Å². The van der Waals surface area contributed by atoms with Gasteiger partial charge in [0, 0.05) is 5.02 Å². The van der Waals surface area contributed by atoms with E-state index >= 15 is 0 Å². The van der Waals surface area contributed by atoms with Crippen LogP contribution in [-0.2, 0) is 4.79 Å². The number of carboxylic acid groups (broad SMARTS) is 1. The number of anilines is 1. The van der Waals surface area contributed by atoms with Gasteiger partial charge in [0.25, 0.3) is 0 Å². The number of aliphatic hydroxyl groups excluding tert-OH is 1. The Balaban J connectivity index is 2.65. The number of hydrogen-bond donors (Lipinski definition) is 4. The minimum absolute atomic E-state index is 0.192. The number of urea groups is 1. The van der Waals surface area contributed by atoms with E-state index in [1.54, 1.807) is 0 Å². The number of nitrogens with one attached hydrogen (secondary N) is 2. The summed E-state index contributed by atoms with van der Waals surface area (Å²) in [5, 5.41) is 31.0. The van der Waals surface area contributed by atoms with Crippen LogP contribution in [0.4, 0.5) is 10.5 Å². The van der Waals surface area contributed by atoms with E-state index in [9.17, 15) is 9.59 Å². The maximum Gasteiger partial charge on any atom is 0.334 e. The molecule has 100 valence electrons. The van der Waals surface area contributed by atoms with Crippen molar-refractivity contribution in [3.63, 3.8) is 0 Å². The molecule has 0 saturated carbocycles. The van der Waals surface area contributed by atoms with Crippen molar-refractivity contribution in [1.29, 1.82) is 5.26 Å². The summed E-state index contributed by atoms with van der Waals surface area (Å²) < 4.78 is 0. The van der Waals surface area contributed by atoms with Crippen molar-refractivity contribution in [2.24, 2.45) is 0 Å². The van der Waals surface area contributed by atoms with Crippen molar-refractivity contribution in [2.45, 2.75) is 6.10 Å². The highest BCUT2D eigenvalue weighted by atomic mass is 35.5. The van der Waals surface area contributed by atoms with Crippen molar-refractivity contribution < 1.29 is 19.8 Å². The molecule has 0 heterocycles. The van der Waals surface area contributed by atoms with Gasteiger partial charge in [-0.05, 0) is 18.2 Å². The number of aliphatic hydroxyl groups is 1. The predicted octanol–water partition coefficient (Wildman–Crippen LogP) is 0.779. The zero-order valence-electron chi connectivity index (χ0n) is 9.55. The first-order valence-corrected chi connectivity index (χ1v) is 5.47. The third-order valence-electron chi connectivity index (χ3n) is 2.09. The van der Waals surface area contributed by atoms with E-state index in [2.05, 4.69) is 10.6 Å². The molecule has 0 aliphatic heterocycles. The van der Waals surface area contributed by atoms with Crippen molar-refractivity contribution in [3.05, 3.63) is 28.8 Å². The minimum atomic E-state index is -1.69. The summed E-state index contributed by atoms with van der Waals surface area (Å²) in [5.41, 5.74) is 0.399. The maximum atomic E-state index is 11.4. The lowest BCUT2D eigenvalue weighted by Crippen LogP contribution is -2.38. The van der Waals surface area contributed by atoms with Crippen LogP contribution in [0.15, 0.2) is 18.2 Å². The monoisotopic (exact) mass is 283 g/mol. The highest BCUT2D eigenvalue weighted by molar-refractivity contribution is 6.31. The van der Waals surface area contributed by atoms with Gasteiger partial charge >= 0.3 is 12.0 Å². The van der Waals surface area contributed by atoms with Gasteiger partial charge in [0.2, 0.25) is 0 Å². The highest BCUT2D eigenvalue weighted by Crippen LogP contribution is 2.20. The standard InChI is InChI=1S/C11H10ClN3O4/c12-7-2-1-6(4-13)8(3-7)15-11(19)14-5-9(16)10(17)18/h1-3,9,16H,5H2,(H,17,18)(H2,14,15,19)/t9-/m0/s1. The van der Waals surface area contributed by atoms with Gasteiger partial charge in [0.15, 0.2) is 6.10 Å². The molecule has 0 aliphatic rings. The summed E-state index contributed by atoms with van der Waals surface area (Å²) in [7, 11) is 0. The fourth-order valence-corrected chi connectivity index (χ4v) is 1.33. The van der Waals surface area contributed by atoms with Crippen LogP contribution in [-0.4, -0.2) is 34.9 Å². The lowest BCUT2D eigenvalue weighted by atomic mass is 10.2. The number of benzene rings is 1. The van der Waals surface area contributed by atoms with Crippen LogP contribution in [0.5, 0.6) is 0 Å². The Morgan fingerprint density at radius 1 is 1.47 bits per heavy atom. The lowest BCUT2D eigenvalue weighted by Gasteiger charge is -2.10. The summed E-state index contributed by atoms with van der Waals surface area (Å²) in [6, 6.07) is 5.43. The van der Waals surface area contributed by atoms with Gasteiger partial charge in [-0.3, -0.25) is 0 Å². The number of halogens is 1. The first-order chi connectivity index (χ1) is 8.93. The Hall–Kier alpha value is -2.30. The molecule has 1 aromatic rings. The van der Waals surface area contributed by atoms with Crippen LogP contribution in [0.1, 0.15) is 5.56 Å². The second-order valence-electron chi connectivity index (χ2n) is 3.49. The van der Waals surface area contributed by atoms with E-state index in [1.165, 1.54) is 18.2 Å². The van der Waals surface area contributed by atoms with Crippen molar-refractivity contribution in [2.75, 3.05) is 11.9 Å². The Labute approximate surface area is 113 Å². The average molecular weight is 284 g/mol. The van der Waals surface area contributed by atoms with E-state index < -0.39 is 24.6 Å². The van der Waals surface area contributed by atoms with E-state index in [1.807, 2.05) is 6.07 Å². The van der Waals surface area contributed by atoms with Crippen molar-refractivity contribution in [3.8, 4) is 6.07 Å². The van der Waals surface area contributed by atoms with Crippen molar-refractivity contribution in [1.82, 2.24) is 5.32 Å². The predicted molar refractivity (Wildman–Crippen MR) is 66.8 cm³/mol. The first-order valence-electron chi connectivity index (χ1n) is 5.09. The lowest BCUT2D eigenvalue weighted by molar-refractivity contribution is -0.146. The van der Waals surface area contributed by atoms with Gasteiger partial charge in [0.1, 0.15) is 6.07 Å². The number of nitriles is 1. The van der Waals surface area contributed by atoms with Crippen LogP contribution < -0.4 is 10.6 Å². The Bertz CT molecular complexity index is 541. The molecule has 1 aromatic carbocycles. The van der Waals surface area contributed by atoms with E-state index in [0.29, 0.717) is 5.02 Å². The smallest absolute Gasteiger partial charge is 0.334 e. The van der Waals surface area contributed by atoms with Gasteiger partial charge in [-0.25, -0.2) is 9.59 Å². The van der Waals surface area contributed by atoms with Gasteiger partial charge in [-0.15, -0.1) is 0 Å². The molecule has 0 unspecified atom stereocenters. The third-order valence-corrected chi connectivity index (χ3v) is 2.33. The molecule has 4 N–H and O–H groups in total. The number of hydrogen-bond acceptors (Lipinski definition) is 4. The quantitative estimate of drug-likeness (QED) is 0.650. The molecule has 0 spiro atoms. The number of rotatable bonds is 4. The SMILES string of the molecule is N#Cc1ccc(Cl)cc1NC(=O)NC[C@H](O)C(=O)O. The van der Waals surface area contributed by atoms with Gasteiger partial charge in [-0.2, -0.15) is 5.26 Å². The van der Waals surface area contributed by atoms with Crippen LogP contribution in [0, 0.1) is 11.3 Å². The molecular weight excluding hydrogens is 274 g/mol. The van der Waals surface area contributed by atoms with Crippen LogP contribution in [0.25, 0.3) is 0 Å². The zero-order chi connectivity index (χ0) is 14.4. The Morgan fingerprint density at radius 2 is 2.16 bits per heavy atom. The summed E-state index contributed by atoms with van der Waals surface area (Å²) in [4.78, 5) is 21.8. The van der Waals surface area contributed by atoms with Gasteiger partial charge in [-0.1, -0.05) is 11.6 Å². The number of amides is 2. The molecule has 0 aliphatic carbocycles. The van der Waals surface area contributed by atoms with E-state index in [-0.39, 0.29) is 11.3 Å². The third kappa shape index (κ3) is 4.46. The normalized spacial score (nSPS) is 11.2. The first kappa shape index (κ1) is 14.8. The second kappa shape index (κ2) is 6.58. The number of carbonyl (C=O) groups excluding carboxylic acids is 1. The molecule has 1 rings (SSSR count). The van der Waals surface area contributed by atoms with Crippen LogP contribution >= 0.6 is 11.6 Å². The molecule has 19 heavy (non-hydrogen) atoms. The minimum Gasteiger partial charge on any atom is -0.479 e. The fraction of sp³-hybridized carbons (Fsp3) is 0.182. The largest absolute Gasteiger partial charge is 0.479 e. The molecule has 0 bridgehead atoms. The molecule has 0 aromatic heterocycles. The molecule has 0 fully saturated rings.